The molecule has 0 aliphatic carbocycles. The maximum Gasteiger partial charge on any atom is 0.225 e. The first kappa shape index (κ1) is 14.3. The maximum absolute atomic E-state index is 11.8. The van der Waals surface area contributed by atoms with Crippen LogP contribution in [-0.2, 0) is 14.6 Å². The molecule has 20 heavy (non-hydrogen) atoms. The highest BCUT2D eigenvalue weighted by atomic mass is 32.2. The van der Waals surface area contributed by atoms with Crippen molar-refractivity contribution in [2.24, 2.45) is 0 Å². The van der Waals surface area contributed by atoms with Crippen molar-refractivity contribution in [2.75, 3.05) is 11.1 Å². The molecular formula is C13H14N2O4S. The minimum absolute atomic E-state index is 0.137. The fourth-order valence-electron chi connectivity index (χ4n) is 1.69. The first-order chi connectivity index (χ1) is 9.41. The second-order valence-electron chi connectivity index (χ2n) is 4.22. The summed E-state index contributed by atoms with van der Waals surface area (Å²) >= 11 is 0. The number of sulfone groups is 1. The average molecular weight is 294 g/mol. The van der Waals surface area contributed by atoms with E-state index in [9.17, 15) is 13.2 Å². The number of nitrogens with zero attached hydrogens (tertiary/aromatic N) is 1. The van der Waals surface area contributed by atoms with Crippen molar-refractivity contribution in [1.29, 1.82) is 0 Å². The van der Waals surface area contributed by atoms with E-state index in [0.29, 0.717) is 22.7 Å². The van der Waals surface area contributed by atoms with Gasteiger partial charge in [0.25, 0.3) is 0 Å². The zero-order valence-electron chi connectivity index (χ0n) is 10.9. The SMILES string of the molecule is C=CS(=O)(=O)CCC(=O)Nc1cccc2oc(C)nc12. The summed E-state index contributed by atoms with van der Waals surface area (Å²) < 4.78 is 27.8. The van der Waals surface area contributed by atoms with E-state index < -0.39 is 15.7 Å². The number of fused-ring (bicyclic) bond motifs is 1. The minimum Gasteiger partial charge on any atom is -0.441 e. The van der Waals surface area contributed by atoms with Gasteiger partial charge in [-0.25, -0.2) is 13.4 Å². The van der Waals surface area contributed by atoms with E-state index in [1.165, 1.54) is 0 Å². The number of carbonyl (C=O) groups is 1. The molecule has 106 valence electrons. The Morgan fingerprint density at radius 3 is 2.95 bits per heavy atom. The van der Waals surface area contributed by atoms with Crippen LogP contribution in [0.5, 0.6) is 0 Å². The molecular weight excluding hydrogens is 280 g/mol. The molecule has 2 rings (SSSR count). The number of amides is 1. The molecule has 2 aromatic rings. The molecule has 1 amide bonds. The van der Waals surface area contributed by atoms with Crippen molar-refractivity contribution in [3.8, 4) is 0 Å². The first-order valence-corrected chi connectivity index (χ1v) is 7.64. The molecule has 0 saturated carbocycles. The highest BCUT2D eigenvalue weighted by Crippen LogP contribution is 2.23. The Morgan fingerprint density at radius 1 is 1.50 bits per heavy atom. The number of nitrogens with one attached hydrogen (secondary N) is 1. The number of aromatic nitrogens is 1. The summed E-state index contributed by atoms with van der Waals surface area (Å²) in [4.78, 5) is 15.9. The van der Waals surface area contributed by atoms with Crippen LogP contribution in [0, 0.1) is 6.92 Å². The third kappa shape index (κ3) is 3.24. The third-order valence-electron chi connectivity index (χ3n) is 2.67. The van der Waals surface area contributed by atoms with E-state index in [1.54, 1.807) is 25.1 Å². The molecule has 6 nitrogen and oxygen atoms in total. The molecule has 0 aliphatic rings. The van der Waals surface area contributed by atoms with Crippen molar-refractivity contribution < 1.29 is 17.6 Å². The lowest BCUT2D eigenvalue weighted by molar-refractivity contribution is -0.115. The van der Waals surface area contributed by atoms with E-state index in [2.05, 4.69) is 16.9 Å². The molecule has 1 heterocycles. The average Bonchev–Trinajstić information content (AvgIpc) is 2.78. The summed E-state index contributed by atoms with van der Waals surface area (Å²) in [7, 11) is -3.38. The molecule has 0 radical (unpaired) electrons. The van der Waals surface area contributed by atoms with Gasteiger partial charge >= 0.3 is 0 Å². The molecule has 0 atom stereocenters. The number of hydrogen-bond donors (Lipinski definition) is 1. The van der Waals surface area contributed by atoms with Crippen molar-refractivity contribution >= 4 is 32.5 Å². The van der Waals surface area contributed by atoms with Gasteiger partial charge in [-0.3, -0.25) is 4.79 Å². The Kier molecular flexibility index (Phi) is 3.89. The van der Waals surface area contributed by atoms with Crippen LogP contribution in [0.3, 0.4) is 0 Å². The number of benzene rings is 1. The second-order valence-corrected chi connectivity index (χ2v) is 6.28. The Hall–Kier alpha value is -2.15. The highest BCUT2D eigenvalue weighted by Gasteiger charge is 2.13. The van der Waals surface area contributed by atoms with Crippen molar-refractivity contribution in [1.82, 2.24) is 4.98 Å². The van der Waals surface area contributed by atoms with Crippen LogP contribution >= 0.6 is 0 Å². The van der Waals surface area contributed by atoms with Crippen LogP contribution in [0.15, 0.2) is 34.6 Å². The number of carbonyl (C=O) groups excluding carboxylic acids is 1. The smallest absolute Gasteiger partial charge is 0.225 e. The number of anilines is 1. The maximum atomic E-state index is 11.8. The topological polar surface area (TPSA) is 89.3 Å². The normalized spacial score (nSPS) is 11.4. The number of hydrogen-bond acceptors (Lipinski definition) is 5. The van der Waals surface area contributed by atoms with E-state index in [-0.39, 0.29) is 12.2 Å². The van der Waals surface area contributed by atoms with Crippen molar-refractivity contribution in [2.45, 2.75) is 13.3 Å². The molecule has 0 saturated heterocycles. The monoisotopic (exact) mass is 294 g/mol. The minimum atomic E-state index is -3.38. The van der Waals surface area contributed by atoms with Gasteiger partial charge in [0.2, 0.25) is 5.91 Å². The standard InChI is InChI=1S/C13H14N2O4S/c1-3-20(17,18)8-7-12(16)15-10-5-4-6-11-13(10)14-9(2)19-11/h3-6H,1,7-8H2,2H3,(H,15,16). The summed E-state index contributed by atoms with van der Waals surface area (Å²) in [5, 5.41) is 3.48. The van der Waals surface area contributed by atoms with Gasteiger partial charge in [0, 0.05) is 18.8 Å². The van der Waals surface area contributed by atoms with Gasteiger partial charge in [-0.05, 0) is 12.1 Å². The van der Waals surface area contributed by atoms with Crippen LogP contribution < -0.4 is 5.32 Å². The Morgan fingerprint density at radius 2 is 2.25 bits per heavy atom. The van der Waals surface area contributed by atoms with Gasteiger partial charge in [-0.1, -0.05) is 12.6 Å². The van der Waals surface area contributed by atoms with Crippen molar-refractivity contribution in [3.63, 3.8) is 0 Å². The molecule has 7 heteroatoms. The summed E-state index contributed by atoms with van der Waals surface area (Å²) in [5.74, 6) is -0.171. The Bertz CT molecular complexity index is 762. The predicted octanol–water partition coefficient (Wildman–Crippen LogP) is 2.02. The summed E-state index contributed by atoms with van der Waals surface area (Å²) in [5.41, 5.74) is 1.62. The van der Waals surface area contributed by atoms with E-state index in [4.69, 9.17) is 4.42 Å². The summed E-state index contributed by atoms with van der Waals surface area (Å²) in [6.45, 7) is 4.91. The number of rotatable bonds is 5. The van der Waals surface area contributed by atoms with E-state index in [1.807, 2.05) is 0 Å². The highest BCUT2D eigenvalue weighted by molar-refractivity contribution is 7.94. The number of para-hydroxylation sites is 1. The lowest BCUT2D eigenvalue weighted by Crippen LogP contribution is -2.16. The molecule has 0 bridgehead atoms. The lowest BCUT2D eigenvalue weighted by Gasteiger charge is -2.04. The van der Waals surface area contributed by atoms with Crippen LogP contribution in [0.25, 0.3) is 11.1 Å². The van der Waals surface area contributed by atoms with Gasteiger partial charge in [-0.2, -0.15) is 0 Å². The lowest BCUT2D eigenvalue weighted by atomic mass is 10.2. The first-order valence-electron chi connectivity index (χ1n) is 5.92. The molecule has 0 unspecified atom stereocenters. The molecule has 0 fully saturated rings. The van der Waals surface area contributed by atoms with Crippen molar-refractivity contribution in [3.05, 3.63) is 36.1 Å². The van der Waals surface area contributed by atoms with E-state index >= 15 is 0 Å². The van der Waals surface area contributed by atoms with Crippen LogP contribution in [0.1, 0.15) is 12.3 Å². The molecule has 1 aromatic carbocycles. The summed E-state index contributed by atoms with van der Waals surface area (Å²) in [6, 6.07) is 5.15. The largest absolute Gasteiger partial charge is 0.441 e. The second kappa shape index (κ2) is 5.46. The van der Waals surface area contributed by atoms with Gasteiger partial charge in [0.1, 0.15) is 5.52 Å². The van der Waals surface area contributed by atoms with Crippen LogP contribution in [-0.4, -0.2) is 25.1 Å². The zero-order chi connectivity index (χ0) is 14.8. The third-order valence-corrected chi connectivity index (χ3v) is 3.95. The van der Waals surface area contributed by atoms with Gasteiger partial charge < -0.3 is 9.73 Å². The molecule has 1 N–H and O–H groups in total. The number of aryl methyl sites for hydroxylation is 1. The van der Waals surface area contributed by atoms with Gasteiger partial charge in [-0.15, -0.1) is 0 Å². The number of oxazole rings is 1. The molecule has 0 aliphatic heterocycles. The van der Waals surface area contributed by atoms with Crippen LogP contribution in [0.2, 0.25) is 0 Å². The fourth-order valence-corrected chi connectivity index (χ4v) is 2.33. The summed E-state index contributed by atoms with van der Waals surface area (Å²) in [6.07, 6.45) is -0.137. The molecule has 0 spiro atoms. The van der Waals surface area contributed by atoms with Crippen LogP contribution in [0.4, 0.5) is 5.69 Å². The predicted molar refractivity (Wildman–Crippen MR) is 76.0 cm³/mol. The van der Waals surface area contributed by atoms with Gasteiger partial charge in [0.15, 0.2) is 21.3 Å². The van der Waals surface area contributed by atoms with E-state index in [0.717, 1.165) is 5.41 Å². The fraction of sp³-hybridized carbons (Fsp3) is 0.231. The Labute approximate surface area is 116 Å². The zero-order valence-corrected chi connectivity index (χ0v) is 11.7. The van der Waals surface area contributed by atoms with Gasteiger partial charge in [0.05, 0.1) is 11.4 Å². The quantitative estimate of drug-likeness (QED) is 0.911. The molecule has 1 aromatic heterocycles. The Balaban J connectivity index is 2.12.